The standard InChI is InChI=1S/C26H28Cl2N2O3/c1-29-11-10-25-23-16-4-3-5-20(23)33-24(25)19(8-9-26(25,32)21(29)14-16)30(2)22(31)13-15-6-7-17(27)18(28)12-15/h3-7,12,19,21,24,32H,8-11,13-14H2,1-2H3/t19?,21-,24?,25+,26-/m1/s1. The quantitative estimate of drug-likeness (QED) is 0.715. The van der Waals surface area contributed by atoms with Crippen molar-refractivity contribution >= 4 is 29.1 Å². The van der Waals surface area contributed by atoms with Crippen molar-refractivity contribution in [3.63, 3.8) is 0 Å². The fourth-order valence-electron chi connectivity index (χ4n) is 7.23. The normalized spacial score (nSPS) is 33.9. The summed E-state index contributed by atoms with van der Waals surface area (Å²) in [6, 6.07) is 11.5. The number of ether oxygens (including phenoxy) is 1. The van der Waals surface area contributed by atoms with Crippen LogP contribution in [-0.4, -0.2) is 65.2 Å². The Labute approximate surface area is 204 Å². The Kier molecular flexibility index (Phi) is 4.84. The number of hydrogen-bond acceptors (Lipinski definition) is 4. The average molecular weight is 487 g/mol. The zero-order valence-corrected chi connectivity index (χ0v) is 20.4. The number of rotatable bonds is 3. The Morgan fingerprint density at radius 2 is 2.06 bits per heavy atom. The molecule has 4 aliphatic rings. The number of likely N-dealkylation sites (N-methyl/N-ethyl adjacent to an activating group) is 2. The van der Waals surface area contributed by atoms with Gasteiger partial charge in [0.25, 0.3) is 0 Å². The minimum atomic E-state index is -0.853. The maximum atomic E-state index is 13.4. The molecule has 2 aromatic rings. The predicted molar refractivity (Wildman–Crippen MR) is 128 cm³/mol. The van der Waals surface area contributed by atoms with E-state index >= 15 is 0 Å². The second-order valence-corrected chi connectivity index (χ2v) is 11.0. The van der Waals surface area contributed by atoms with E-state index in [0.29, 0.717) is 22.9 Å². The van der Waals surface area contributed by atoms with Crippen molar-refractivity contribution in [3.8, 4) is 5.75 Å². The van der Waals surface area contributed by atoms with E-state index in [9.17, 15) is 9.90 Å². The number of nitrogens with zero attached hydrogens (tertiary/aromatic N) is 2. The molecular formula is C26H28Cl2N2O3. The molecule has 2 aromatic carbocycles. The molecule has 7 heteroatoms. The summed E-state index contributed by atoms with van der Waals surface area (Å²) in [6.07, 6.45) is 3.02. The molecule has 2 bridgehead atoms. The van der Waals surface area contributed by atoms with Crippen molar-refractivity contribution in [2.24, 2.45) is 0 Å². The first-order valence-electron chi connectivity index (χ1n) is 11.7. The molecule has 6 rings (SSSR count). The summed E-state index contributed by atoms with van der Waals surface area (Å²) in [5.41, 5.74) is 1.98. The minimum Gasteiger partial charge on any atom is -0.487 e. The molecule has 2 heterocycles. The molecule has 1 amide bonds. The molecular weight excluding hydrogens is 459 g/mol. The van der Waals surface area contributed by atoms with Gasteiger partial charge in [0.05, 0.1) is 33.5 Å². The lowest BCUT2D eigenvalue weighted by atomic mass is 9.48. The number of benzene rings is 2. The topological polar surface area (TPSA) is 53.0 Å². The van der Waals surface area contributed by atoms with Gasteiger partial charge in [-0.05, 0) is 68.6 Å². The van der Waals surface area contributed by atoms with Crippen molar-refractivity contribution in [1.82, 2.24) is 9.80 Å². The number of halogens is 2. The summed E-state index contributed by atoms with van der Waals surface area (Å²) < 4.78 is 6.64. The van der Waals surface area contributed by atoms with Crippen molar-refractivity contribution in [2.45, 2.75) is 61.3 Å². The zero-order chi connectivity index (χ0) is 23.1. The zero-order valence-electron chi connectivity index (χ0n) is 18.9. The fraction of sp³-hybridized carbons (Fsp3) is 0.500. The number of carbonyl (C=O) groups excluding carboxylic acids is 1. The molecule has 1 spiro atoms. The van der Waals surface area contributed by atoms with Gasteiger partial charge in [0, 0.05) is 18.7 Å². The first kappa shape index (κ1) is 21.7. The molecule has 174 valence electrons. The first-order valence-corrected chi connectivity index (χ1v) is 12.4. The van der Waals surface area contributed by atoms with Gasteiger partial charge in [-0.15, -0.1) is 0 Å². The molecule has 0 radical (unpaired) electrons. The van der Waals surface area contributed by atoms with Gasteiger partial charge in [-0.25, -0.2) is 0 Å². The van der Waals surface area contributed by atoms with E-state index in [1.54, 1.807) is 12.1 Å². The largest absolute Gasteiger partial charge is 0.487 e. The number of aliphatic hydroxyl groups is 1. The van der Waals surface area contributed by atoms with E-state index in [-0.39, 0.29) is 30.5 Å². The highest BCUT2D eigenvalue weighted by atomic mass is 35.5. The lowest BCUT2D eigenvalue weighted by molar-refractivity contribution is -0.196. The van der Waals surface area contributed by atoms with E-state index in [1.807, 2.05) is 24.1 Å². The second kappa shape index (κ2) is 7.35. The Balaban J connectivity index is 1.36. The van der Waals surface area contributed by atoms with Crippen LogP contribution in [0.5, 0.6) is 5.75 Å². The van der Waals surface area contributed by atoms with Crippen LogP contribution in [0.25, 0.3) is 0 Å². The number of hydrogen-bond donors (Lipinski definition) is 1. The molecule has 1 N–H and O–H groups in total. The van der Waals surface area contributed by atoms with Crippen LogP contribution in [0, 0.1) is 0 Å². The van der Waals surface area contributed by atoms with E-state index in [4.69, 9.17) is 27.9 Å². The Morgan fingerprint density at radius 3 is 2.85 bits per heavy atom. The smallest absolute Gasteiger partial charge is 0.227 e. The molecule has 2 aliphatic heterocycles. The molecule has 5 atom stereocenters. The molecule has 2 fully saturated rings. The summed E-state index contributed by atoms with van der Waals surface area (Å²) >= 11 is 12.2. The third-order valence-electron chi connectivity index (χ3n) is 8.83. The van der Waals surface area contributed by atoms with Gasteiger partial charge in [-0.1, -0.05) is 41.4 Å². The highest BCUT2D eigenvalue weighted by Gasteiger charge is 2.72. The molecule has 2 aliphatic carbocycles. The molecule has 0 aromatic heterocycles. The van der Waals surface area contributed by atoms with Crippen molar-refractivity contribution in [1.29, 1.82) is 0 Å². The van der Waals surface area contributed by atoms with Crippen LogP contribution in [0.4, 0.5) is 0 Å². The molecule has 2 unspecified atom stereocenters. The lowest BCUT2D eigenvalue weighted by Gasteiger charge is -2.64. The van der Waals surface area contributed by atoms with Crippen molar-refractivity contribution < 1.29 is 14.6 Å². The molecule has 5 nitrogen and oxygen atoms in total. The van der Waals surface area contributed by atoms with Crippen molar-refractivity contribution in [3.05, 3.63) is 63.1 Å². The average Bonchev–Trinajstić information content (AvgIpc) is 3.13. The Hall–Kier alpha value is -1.79. The van der Waals surface area contributed by atoms with Gasteiger partial charge in [-0.3, -0.25) is 4.79 Å². The van der Waals surface area contributed by atoms with E-state index < -0.39 is 11.0 Å². The van der Waals surface area contributed by atoms with Crippen molar-refractivity contribution in [2.75, 3.05) is 20.6 Å². The van der Waals surface area contributed by atoms with Gasteiger partial charge in [0.1, 0.15) is 11.9 Å². The third-order valence-corrected chi connectivity index (χ3v) is 9.57. The number of likely N-dealkylation sites (tertiary alicyclic amines) is 1. The number of carbonyl (C=O) groups is 1. The third kappa shape index (κ3) is 2.83. The van der Waals surface area contributed by atoms with Crippen LogP contribution in [0.1, 0.15) is 36.0 Å². The summed E-state index contributed by atoms with van der Waals surface area (Å²) in [5, 5.41) is 13.2. The number of piperidine rings is 1. The van der Waals surface area contributed by atoms with Crippen LogP contribution >= 0.6 is 23.2 Å². The highest BCUT2D eigenvalue weighted by Crippen LogP contribution is 2.64. The lowest BCUT2D eigenvalue weighted by Crippen LogP contribution is -2.77. The van der Waals surface area contributed by atoms with Gasteiger partial charge >= 0.3 is 0 Å². The summed E-state index contributed by atoms with van der Waals surface area (Å²) in [7, 11) is 3.99. The van der Waals surface area contributed by atoms with E-state index in [0.717, 1.165) is 30.7 Å². The van der Waals surface area contributed by atoms with Crippen LogP contribution < -0.4 is 4.74 Å². The van der Waals surface area contributed by atoms with E-state index in [1.165, 1.54) is 11.1 Å². The fourth-order valence-corrected chi connectivity index (χ4v) is 7.55. The van der Waals surface area contributed by atoms with Crippen LogP contribution in [0.3, 0.4) is 0 Å². The second-order valence-electron chi connectivity index (χ2n) is 10.2. The van der Waals surface area contributed by atoms with Crippen LogP contribution in [0.15, 0.2) is 36.4 Å². The summed E-state index contributed by atoms with van der Waals surface area (Å²) in [6.45, 7) is 0.911. The van der Waals surface area contributed by atoms with E-state index in [2.05, 4.69) is 24.1 Å². The minimum absolute atomic E-state index is 0.0142. The maximum absolute atomic E-state index is 13.4. The predicted octanol–water partition coefficient (Wildman–Crippen LogP) is 3.85. The van der Waals surface area contributed by atoms with Gasteiger partial charge in [-0.2, -0.15) is 0 Å². The number of amides is 1. The monoisotopic (exact) mass is 486 g/mol. The molecule has 33 heavy (non-hydrogen) atoms. The SMILES string of the molecule is CN(C(=O)Cc1ccc(Cl)c(Cl)c1)C1CC[C@@]2(O)[C@H]3Cc4cccc5c4[C@@]2(CCN3C)C1O5. The molecule has 1 saturated heterocycles. The van der Waals surface area contributed by atoms with Gasteiger partial charge < -0.3 is 19.6 Å². The first-order chi connectivity index (χ1) is 15.8. The maximum Gasteiger partial charge on any atom is 0.227 e. The van der Waals surface area contributed by atoms with Gasteiger partial charge in [0.2, 0.25) is 5.91 Å². The van der Waals surface area contributed by atoms with Crippen LogP contribution in [0.2, 0.25) is 10.0 Å². The van der Waals surface area contributed by atoms with Gasteiger partial charge in [0.15, 0.2) is 0 Å². The molecule has 1 saturated carbocycles. The Morgan fingerprint density at radius 1 is 1.24 bits per heavy atom. The summed E-state index contributed by atoms with van der Waals surface area (Å²) in [4.78, 5) is 17.5. The summed E-state index contributed by atoms with van der Waals surface area (Å²) in [5.74, 6) is 0.899. The van der Waals surface area contributed by atoms with Crippen LogP contribution in [-0.2, 0) is 23.1 Å². The highest BCUT2D eigenvalue weighted by molar-refractivity contribution is 6.42. The Bertz CT molecular complexity index is 1160.